The molecule has 1 nitrogen and oxygen atoms in total. The van der Waals surface area contributed by atoms with Gasteiger partial charge in [-0.1, -0.05) is 37.3 Å². The third-order valence-corrected chi connectivity index (χ3v) is 2.82. The van der Waals surface area contributed by atoms with E-state index in [9.17, 15) is 0 Å². The topological polar surface area (TPSA) is 26.0 Å². The molecule has 0 aromatic heterocycles. The zero-order valence-corrected chi connectivity index (χ0v) is 9.09. The second-order valence-electron chi connectivity index (χ2n) is 3.82. The maximum absolute atomic E-state index is 5.89. The molecule has 0 bridgehead atoms. The first-order chi connectivity index (χ1) is 6.00. The molecular formula is C11H17NS. The number of benzene rings is 1. The Morgan fingerprint density at radius 2 is 1.92 bits per heavy atom. The Hall–Kier alpha value is -0.470. The summed E-state index contributed by atoms with van der Waals surface area (Å²) in [6.45, 7) is 4.07. The lowest BCUT2D eigenvalue weighted by Gasteiger charge is -2.26. The van der Waals surface area contributed by atoms with E-state index in [1.54, 1.807) is 0 Å². The zero-order valence-electron chi connectivity index (χ0n) is 8.20. The minimum absolute atomic E-state index is 0.373. The number of hydrogen-bond donors (Lipinski definition) is 2. The van der Waals surface area contributed by atoms with Gasteiger partial charge in [0.2, 0.25) is 0 Å². The summed E-state index contributed by atoms with van der Waals surface area (Å²) in [4.78, 5) is -0.393. The molecule has 2 atom stereocenters. The Kier molecular flexibility index (Phi) is 3.40. The van der Waals surface area contributed by atoms with E-state index in [1.165, 1.54) is 5.56 Å². The van der Waals surface area contributed by atoms with Gasteiger partial charge < -0.3 is 5.73 Å². The summed E-state index contributed by atoms with van der Waals surface area (Å²) in [5.74, 6) is 0.373. The summed E-state index contributed by atoms with van der Waals surface area (Å²) in [5.41, 5.74) is 7.21. The quantitative estimate of drug-likeness (QED) is 0.562. The van der Waals surface area contributed by atoms with Gasteiger partial charge in [-0.25, -0.2) is 0 Å². The van der Waals surface area contributed by atoms with Crippen LogP contribution in [0.3, 0.4) is 0 Å². The van der Waals surface area contributed by atoms with Gasteiger partial charge in [-0.3, -0.25) is 0 Å². The predicted molar refractivity (Wildman–Crippen MR) is 60.9 cm³/mol. The van der Waals surface area contributed by atoms with Crippen molar-refractivity contribution in [2.75, 3.05) is 0 Å². The Morgan fingerprint density at radius 3 is 2.38 bits per heavy atom. The van der Waals surface area contributed by atoms with Gasteiger partial charge in [0.05, 0.1) is 4.87 Å². The van der Waals surface area contributed by atoms with Gasteiger partial charge in [-0.2, -0.15) is 12.6 Å². The first-order valence-corrected chi connectivity index (χ1v) is 5.00. The second kappa shape index (κ2) is 4.16. The van der Waals surface area contributed by atoms with Crippen LogP contribution in [0.4, 0.5) is 0 Å². The van der Waals surface area contributed by atoms with Crippen molar-refractivity contribution in [2.24, 2.45) is 11.7 Å². The van der Waals surface area contributed by atoms with Gasteiger partial charge in [-0.05, 0) is 24.8 Å². The largest absolute Gasteiger partial charge is 0.317 e. The Bertz CT molecular complexity index is 251. The summed E-state index contributed by atoms with van der Waals surface area (Å²) in [5, 5.41) is 0. The summed E-state index contributed by atoms with van der Waals surface area (Å²) in [6.07, 6.45) is 0.983. The maximum Gasteiger partial charge on any atom is 0.0591 e. The second-order valence-corrected chi connectivity index (χ2v) is 4.78. The van der Waals surface area contributed by atoms with E-state index in [4.69, 9.17) is 5.73 Å². The van der Waals surface area contributed by atoms with Crippen molar-refractivity contribution < 1.29 is 0 Å². The van der Waals surface area contributed by atoms with Crippen LogP contribution in [0.25, 0.3) is 0 Å². The van der Waals surface area contributed by atoms with Gasteiger partial charge >= 0.3 is 0 Å². The van der Waals surface area contributed by atoms with Crippen molar-refractivity contribution >= 4 is 12.6 Å². The van der Waals surface area contributed by atoms with Crippen LogP contribution in [-0.4, -0.2) is 4.87 Å². The molecule has 0 saturated carbocycles. The fourth-order valence-electron chi connectivity index (χ4n) is 1.17. The molecule has 13 heavy (non-hydrogen) atoms. The molecule has 0 aliphatic rings. The smallest absolute Gasteiger partial charge is 0.0591 e. The monoisotopic (exact) mass is 195 g/mol. The molecule has 0 radical (unpaired) electrons. The Morgan fingerprint density at radius 1 is 1.38 bits per heavy atom. The molecule has 1 rings (SSSR count). The van der Waals surface area contributed by atoms with Crippen molar-refractivity contribution in [1.82, 2.24) is 0 Å². The summed E-state index contributed by atoms with van der Waals surface area (Å²) in [6, 6.07) is 10.4. The van der Waals surface area contributed by atoms with Gasteiger partial charge in [0.25, 0.3) is 0 Å². The average Bonchev–Trinajstić information content (AvgIpc) is 2.04. The third kappa shape index (κ3) is 3.41. The third-order valence-electron chi connectivity index (χ3n) is 2.38. The molecule has 0 aliphatic heterocycles. The zero-order chi connectivity index (χ0) is 9.90. The van der Waals surface area contributed by atoms with E-state index < -0.39 is 4.87 Å². The van der Waals surface area contributed by atoms with E-state index >= 15 is 0 Å². The van der Waals surface area contributed by atoms with Crippen LogP contribution in [-0.2, 0) is 6.42 Å². The van der Waals surface area contributed by atoms with E-state index in [2.05, 4.69) is 43.8 Å². The summed E-state index contributed by atoms with van der Waals surface area (Å²) in [7, 11) is 0. The summed E-state index contributed by atoms with van der Waals surface area (Å²) >= 11 is 4.36. The lowest BCUT2D eigenvalue weighted by Crippen LogP contribution is -2.37. The van der Waals surface area contributed by atoms with Crippen LogP contribution >= 0.6 is 12.6 Å². The lowest BCUT2D eigenvalue weighted by molar-refractivity contribution is 0.445. The first kappa shape index (κ1) is 10.6. The molecule has 1 aromatic rings. The molecule has 0 amide bonds. The van der Waals surface area contributed by atoms with Gasteiger partial charge in [0, 0.05) is 0 Å². The SMILES string of the molecule is C[C@@H](Cc1ccccc1)C(C)(N)S. The number of hydrogen-bond acceptors (Lipinski definition) is 2. The molecule has 0 heterocycles. The normalized spacial score (nSPS) is 17.8. The molecule has 0 aliphatic carbocycles. The highest BCUT2D eigenvalue weighted by Gasteiger charge is 2.21. The van der Waals surface area contributed by atoms with Crippen molar-refractivity contribution in [1.29, 1.82) is 0 Å². The highest BCUT2D eigenvalue weighted by Crippen LogP contribution is 2.21. The molecule has 1 aromatic carbocycles. The lowest BCUT2D eigenvalue weighted by atomic mass is 9.95. The van der Waals surface area contributed by atoms with Gasteiger partial charge in [0.15, 0.2) is 0 Å². The molecule has 2 heteroatoms. The number of nitrogens with two attached hydrogens (primary N) is 1. The molecule has 1 unspecified atom stereocenters. The Balaban J connectivity index is 2.61. The van der Waals surface area contributed by atoms with Gasteiger partial charge in [0.1, 0.15) is 0 Å². The molecule has 2 N–H and O–H groups in total. The van der Waals surface area contributed by atoms with Crippen LogP contribution in [0.15, 0.2) is 30.3 Å². The van der Waals surface area contributed by atoms with Crippen LogP contribution < -0.4 is 5.73 Å². The molecule has 0 fully saturated rings. The maximum atomic E-state index is 5.89. The van der Waals surface area contributed by atoms with Crippen molar-refractivity contribution in [3.05, 3.63) is 35.9 Å². The molecular weight excluding hydrogens is 178 g/mol. The molecule has 0 spiro atoms. The standard InChI is InChI=1S/C11H17NS/c1-9(11(2,12)13)8-10-6-4-3-5-7-10/h3-7,9,13H,8,12H2,1-2H3/t9-,11?/m0/s1. The summed E-state index contributed by atoms with van der Waals surface area (Å²) < 4.78 is 0. The minimum atomic E-state index is -0.393. The van der Waals surface area contributed by atoms with Crippen molar-refractivity contribution in [3.63, 3.8) is 0 Å². The van der Waals surface area contributed by atoms with Crippen LogP contribution in [0.5, 0.6) is 0 Å². The highest BCUT2D eigenvalue weighted by molar-refractivity contribution is 7.81. The van der Waals surface area contributed by atoms with E-state index in [1.807, 2.05) is 13.0 Å². The number of rotatable bonds is 3. The highest BCUT2D eigenvalue weighted by atomic mass is 32.1. The molecule has 0 saturated heterocycles. The van der Waals surface area contributed by atoms with Crippen molar-refractivity contribution in [3.8, 4) is 0 Å². The molecule has 72 valence electrons. The minimum Gasteiger partial charge on any atom is -0.317 e. The average molecular weight is 195 g/mol. The first-order valence-electron chi connectivity index (χ1n) is 4.55. The van der Waals surface area contributed by atoms with E-state index in [0.29, 0.717) is 5.92 Å². The van der Waals surface area contributed by atoms with E-state index in [0.717, 1.165) is 6.42 Å². The van der Waals surface area contributed by atoms with E-state index in [-0.39, 0.29) is 0 Å². The van der Waals surface area contributed by atoms with Crippen LogP contribution in [0.2, 0.25) is 0 Å². The van der Waals surface area contributed by atoms with Crippen LogP contribution in [0.1, 0.15) is 19.4 Å². The predicted octanol–water partition coefficient (Wildman–Crippen LogP) is 2.47. The van der Waals surface area contributed by atoms with Gasteiger partial charge in [-0.15, -0.1) is 0 Å². The van der Waals surface area contributed by atoms with Crippen LogP contribution in [0, 0.1) is 5.92 Å². The Labute approximate surface area is 85.8 Å². The van der Waals surface area contributed by atoms with Crippen molar-refractivity contribution in [2.45, 2.75) is 25.1 Å². The fourth-order valence-corrected chi connectivity index (χ4v) is 1.27. The number of thiol groups is 1. The fraction of sp³-hybridized carbons (Fsp3) is 0.455.